The molecule has 27 heavy (non-hydrogen) atoms. The zero-order valence-corrected chi connectivity index (χ0v) is 16.1. The molecule has 2 amide bonds. The lowest BCUT2D eigenvalue weighted by molar-refractivity contribution is -0.119. The van der Waals surface area contributed by atoms with Crippen LogP contribution in [0.25, 0.3) is 0 Å². The molecule has 5 nitrogen and oxygen atoms in total. The van der Waals surface area contributed by atoms with Gasteiger partial charge in [-0.2, -0.15) is 0 Å². The van der Waals surface area contributed by atoms with E-state index in [2.05, 4.69) is 5.32 Å². The Bertz CT molecular complexity index is 794. The lowest BCUT2D eigenvalue weighted by Crippen LogP contribution is -2.24. The van der Waals surface area contributed by atoms with Gasteiger partial charge in [-0.1, -0.05) is 42.1 Å². The highest BCUT2D eigenvalue weighted by Gasteiger charge is 2.30. The van der Waals surface area contributed by atoms with Crippen LogP contribution in [0.4, 0.5) is 4.79 Å². The summed E-state index contributed by atoms with van der Waals surface area (Å²) in [6, 6.07) is 15.9. The highest BCUT2D eigenvalue weighted by molar-refractivity contribution is 8.15. The molecule has 3 rings (SSSR count). The molecule has 6 heteroatoms. The topological polar surface area (TPSA) is 64.6 Å². The van der Waals surface area contributed by atoms with Crippen molar-refractivity contribution >= 4 is 22.9 Å². The largest absolute Gasteiger partial charge is 0.494 e. The Labute approximate surface area is 163 Å². The molecule has 2 aromatic rings. The molecule has 0 saturated carbocycles. The van der Waals surface area contributed by atoms with Crippen molar-refractivity contribution in [3.8, 4) is 11.5 Å². The second-order valence-electron chi connectivity index (χ2n) is 6.43. The number of thioether (sulfide) groups is 1. The molecule has 1 atom stereocenters. The first-order valence-electron chi connectivity index (χ1n) is 9.03. The average molecular weight is 385 g/mol. The second-order valence-corrected chi connectivity index (χ2v) is 7.60. The molecule has 2 aromatic carbocycles. The van der Waals surface area contributed by atoms with E-state index in [-0.39, 0.29) is 16.4 Å². The molecule has 1 saturated heterocycles. The van der Waals surface area contributed by atoms with E-state index in [9.17, 15) is 9.59 Å². The van der Waals surface area contributed by atoms with E-state index in [1.165, 1.54) is 0 Å². The van der Waals surface area contributed by atoms with Gasteiger partial charge in [0.25, 0.3) is 5.24 Å². The number of carbonyl (C=O) groups is 2. The van der Waals surface area contributed by atoms with Crippen molar-refractivity contribution in [1.82, 2.24) is 5.32 Å². The maximum absolute atomic E-state index is 11.5. The maximum atomic E-state index is 11.5. The number of rotatable bonds is 9. The monoisotopic (exact) mass is 385 g/mol. The Morgan fingerprint density at radius 2 is 1.85 bits per heavy atom. The van der Waals surface area contributed by atoms with E-state index in [1.54, 1.807) is 0 Å². The summed E-state index contributed by atoms with van der Waals surface area (Å²) in [6.07, 6.45) is 2.37. The molecule has 0 bridgehead atoms. The first kappa shape index (κ1) is 19.3. The molecule has 0 aliphatic carbocycles. The molecule has 0 radical (unpaired) electrons. The van der Waals surface area contributed by atoms with Gasteiger partial charge in [-0.05, 0) is 55.5 Å². The Balaban J connectivity index is 1.38. The van der Waals surface area contributed by atoms with E-state index in [0.29, 0.717) is 19.6 Å². The first-order chi connectivity index (χ1) is 13.1. The summed E-state index contributed by atoms with van der Waals surface area (Å²) in [5.41, 5.74) is 2.16. The summed E-state index contributed by atoms with van der Waals surface area (Å²) < 4.78 is 11.7. The van der Waals surface area contributed by atoms with Gasteiger partial charge in [0.2, 0.25) is 5.91 Å². The molecule has 1 aliphatic rings. The molecular formula is C21H23NO4S. The molecule has 0 aromatic heterocycles. The average Bonchev–Trinajstić information content (AvgIpc) is 2.99. The van der Waals surface area contributed by atoms with Crippen molar-refractivity contribution in [2.75, 3.05) is 6.61 Å². The van der Waals surface area contributed by atoms with Crippen LogP contribution in [0, 0.1) is 6.92 Å². The first-order valence-corrected chi connectivity index (χ1v) is 9.91. The van der Waals surface area contributed by atoms with E-state index in [0.717, 1.165) is 47.2 Å². The minimum absolute atomic E-state index is 0.173. The van der Waals surface area contributed by atoms with E-state index in [4.69, 9.17) is 9.47 Å². The summed E-state index contributed by atoms with van der Waals surface area (Å²) >= 11 is 1.08. The fraction of sp³-hybridized carbons (Fsp3) is 0.333. The number of hydrogen-bond donors (Lipinski definition) is 1. The third kappa shape index (κ3) is 5.76. The maximum Gasteiger partial charge on any atom is 0.286 e. The van der Waals surface area contributed by atoms with Gasteiger partial charge in [0.15, 0.2) is 0 Å². The third-order valence-corrected chi connectivity index (χ3v) is 5.33. The van der Waals surface area contributed by atoms with Gasteiger partial charge in [-0.15, -0.1) is 0 Å². The van der Waals surface area contributed by atoms with Crippen LogP contribution >= 0.6 is 11.8 Å². The van der Waals surface area contributed by atoms with Crippen LogP contribution < -0.4 is 14.8 Å². The fourth-order valence-corrected chi connectivity index (χ4v) is 3.68. The lowest BCUT2D eigenvalue weighted by Gasteiger charge is -2.12. The van der Waals surface area contributed by atoms with Gasteiger partial charge in [0.1, 0.15) is 18.1 Å². The Morgan fingerprint density at radius 3 is 2.56 bits per heavy atom. The van der Waals surface area contributed by atoms with Gasteiger partial charge in [0, 0.05) is 0 Å². The molecule has 142 valence electrons. The minimum Gasteiger partial charge on any atom is -0.494 e. The smallest absolute Gasteiger partial charge is 0.286 e. The number of carbonyl (C=O) groups excluding carboxylic acids is 2. The van der Waals surface area contributed by atoms with E-state index >= 15 is 0 Å². The minimum atomic E-state index is -0.249. The van der Waals surface area contributed by atoms with E-state index < -0.39 is 0 Å². The number of ether oxygens (including phenoxy) is 2. The lowest BCUT2D eigenvalue weighted by atomic mass is 10.2. The summed E-state index contributed by atoms with van der Waals surface area (Å²) in [5, 5.41) is 1.81. The zero-order chi connectivity index (χ0) is 19.1. The summed E-state index contributed by atoms with van der Waals surface area (Å²) in [5.74, 6) is 1.48. The number of imide groups is 1. The van der Waals surface area contributed by atoms with Crippen molar-refractivity contribution < 1.29 is 19.1 Å². The van der Waals surface area contributed by atoms with Crippen LogP contribution in [0.1, 0.15) is 30.4 Å². The SMILES string of the molecule is Cc1cc(OCCCCC2SC(=O)NC2=O)ccc1OCc1ccccc1. The molecule has 1 N–H and O–H groups in total. The zero-order valence-electron chi connectivity index (χ0n) is 15.3. The Hall–Kier alpha value is -2.47. The summed E-state index contributed by atoms with van der Waals surface area (Å²) in [7, 11) is 0. The summed E-state index contributed by atoms with van der Waals surface area (Å²) in [6.45, 7) is 3.12. The number of amides is 2. The molecule has 1 unspecified atom stereocenters. The normalized spacial score (nSPS) is 16.3. The highest BCUT2D eigenvalue weighted by atomic mass is 32.2. The van der Waals surface area contributed by atoms with Crippen molar-refractivity contribution in [3.05, 3.63) is 59.7 Å². The molecule has 0 spiro atoms. The van der Waals surface area contributed by atoms with Crippen molar-refractivity contribution in [2.45, 2.75) is 38.0 Å². The van der Waals surface area contributed by atoms with E-state index in [1.807, 2.05) is 55.5 Å². The van der Waals surface area contributed by atoms with Gasteiger partial charge in [0.05, 0.1) is 11.9 Å². The standard InChI is InChI=1S/C21H23NO4S/c1-15-13-17(10-11-18(15)26-14-16-7-3-2-4-8-16)25-12-6-5-9-19-20(23)22-21(24)27-19/h2-4,7-8,10-11,13,19H,5-6,9,12,14H2,1H3,(H,22,23,24). The van der Waals surface area contributed by atoms with Crippen molar-refractivity contribution in [2.24, 2.45) is 0 Å². The fourth-order valence-electron chi connectivity index (χ4n) is 2.81. The predicted molar refractivity (Wildman–Crippen MR) is 106 cm³/mol. The number of benzene rings is 2. The van der Waals surface area contributed by atoms with Crippen LogP contribution in [0.3, 0.4) is 0 Å². The van der Waals surface area contributed by atoms with Gasteiger partial charge < -0.3 is 9.47 Å². The van der Waals surface area contributed by atoms with Crippen LogP contribution in [-0.4, -0.2) is 23.0 Å². The van der Waals surface area contributed by atoms with Crippen LogP contribution in [0.5, 0.6) is 11.5 Å². The number of unbranched alkanes of at least 4 members (excludes halogenated alkanes) is 1. The Kier molecular flexibility index (Phi) is 6.76. The molecule has 1 heterocycles. The van der Waals surface area contributed by atoms with Crippen molar-refractivity contribution in [3.63, 3.8) is 0 Å². The van der Waals surface area contributed by atoms with Crippen LogP contribution in [0.15, 0.2) is 48.5 Å². The molecule has 1 aliphatic heterocycles. The van der Waals surface area contributed by atoms with Crippen molar-refractivity contribution in [1.29, 1.82) is 0 Å². The highest BCUT2D eigenvalue weighted by Crippen LogP contribution is 2.25. The summed E-state index contributed by atoms with van der Waals surface area (Å²) in [4.78, 5) is 22.6. The number of nitrogens with one attached hydrogen (secondary N) is 1. The third-order valence-electron chi connectivity index (χ3n) is 4.28. The van der Waals surface area contributed by atoms with Crippen LogP contribution in [-0.2, 0) is 11.4 Å². The van der Waals surface area contributed by atoms with Gasteiger partial charge in [-0.25, -0.2) is 0 Å². The molecular weight excluding hydrogens is 362 g/mol. The predicted octanol–water partition coefficient (Wildman–Crippen LogP) is 4.47. The second kappa shape index (κ2) is 9.46. The quantitative estimate of drug-likeness (QED) is 0.645. The van der Waals surface area contributed by atoms with Crippen LogP contribution in [0.2, 0.25) is 0 Å². The van der Waals surface area contributed by atoms with Gasteiger partial charge >= 0.3 is 0 Å². The Morgan fingerprint density at radius 1 is 1.04 bits per heavy atom. The molecule has 1 fully saturated rings. The van der Waals surface area contributed by atoms with Gasteiger partial charge in [-0.3, -0.25) is 14.9 Å². The number of hydrogen-bond acceptors (Lipinski definition) is 5. The number of aryl methyl sites for hydroxylation is 1.